The Kier molecular flexibility index (Phi) is 6.67. The normalized spacial score (nSPS) is 28.2. The monoisotopic (exact) mass is 518 g/mol. The molecule has 0 spiro atoms. The Bertz CT molecular complexity index is 1020. The lowest BCUT2D eigenvalue weighted by molar-refractivity contribution is -0.180. The molecular weight excluding hydrogens is 491 g/mol. The van der Waals surface area contributed by atoms with Gasteiger partial charge in [-0.3, -0.25) is 19.3 Å². The van der Waals surface area contributed by atoms with E-state index in [1.54, 1.807) is 11.5 Å². The second-order valence-corrected chi connectivity index (χ2v) is 10.9. The molecule has 0 radical (unpaired) electrons. The van der Waals surface area contributed by atoms with Crippen LogP contribution in [0.2, 0.25) is 10.3 Å². The molecule has 4 heterocycles. The predicted molar refractivity (Wildman–Crippen MR) is 125 cm³/mol. The summed E-state index contributed by atoms with van der Waals surface area (Å²) in [5.41, 5.74) is 5.01. The third-order valence-electron chi connectivity index (χ3n) is 6.34. The van der Waals surface area contributed by atoms with Crippen molar-refractivity contribution in [1.82, 2.24) is 24.4 Å². The van der Waals surface area contributed by atoms with Gasteiger partial charge in [-0.2, -0.15) is 0 Å². The number of imidazole rings is 1. The van der Waals surface area contributed by atoms with E-state index in [1.165, 1.54) is 11.8 Å². The molecule has 3 aliphatic rings. The fraction of sp³-hybridized carbons (Fsp3) is 0.650. The van der Waals surface area contributed by atoms with Crippen LogP contribution in [0, 0.1) is 12.3 Å². The van der Waals surface area contributed by atoms with Crippen LogP contribution < -0.4 is 5.73 Å². The Hall–Kier alpha value is -1.50. The summed E-state index contributed by atoms with van der Waals surface area (Å²) in [5, 5.41) is 11.7. The first-order valence-electron chi connectivity index (χ1n) is 10.6. The number of aliphatic hydroxyl groups is 1. The van der Waals surface area contributed by atoms with Crippen LogP contribution in [0.15, 0.2) is 10.6 Å². The lowest BCUT2D eigenvalue weighted by Gasteiger charge is -2.41. The van der Waals surface area contributed by atoms with Crippen molar-refractivity contribution in [3.63, 3.8) is 0 Å². The molecule has 0 aliphatic carbocycles. The number of primary amides is 1. The fourth-order valence-corrected chi connectivity index (χ4v) is 6.94. The van der Waals surface area contributed by atoms with Gasteiger partial charge in [0.05, 0.1) is 29.6 Å². The second-order valence-electron chi connectivity index (χ2n) is 8.95. The molecule has 1 fully saturated rings. The number of carbonyl (C=O) groups excluding carboxylic acids is 2. The average molecular weight is 519 g/mol. The Morgan fingerprint density at radius 1 is 1.39 bits per heavy atom. The van der Waals surface area contributed by atoms with E-state index in [9.17, 15) is 14.7 Å². The summed E-state index contributed by atoms with van der Waals surface area (Å²) in [5.74, 6) is -0.779. The van der Waals surface area contributed by atoms with Gasteiger partial charge in [0.1, 0.15) is 17.6 Å². The molecule has 0 bridgehead atoms. The van der Waals surface area contributed by atoms with Crippen molar-refractivity contribution in [1.29, 1.82) is 0 Å². The first kappa shape index (κ1) is 24.6. The summed E-state index contributed by atoms with van der Waals surface area (Å²) < 4.78 is 1.69. The van der Waals surface area contributed by atoms with Crippen LogP contribution in [0.4, 0.5) is 0 Å². The van der Waals surface area contributed by atoms with Crippen LogP contribution >= 0.6 is 35.0 Å². The zero-order valence-corrected chi connectivity index (χ0v) is 21.2. The first-order valence-corrected chi connectivity index (χ1v) is 12.3. The van der Waals surface area contributed by atoms with Crippen molar-refractivity contribution in [3.8, 4) is 0 Å². The Balaban J connectivity index is 1.86. The Labute approximate surface area is 206 Å². The predicted octanol–water partition coefficient (Wildman–Crippen LogP) is 1.05. The number of aryl methyl sites for hydroxylation is 1. The number of rotatable bonds is 5. The van der Waals surface area contributed by atoms with Gasteiger partial charge < -0.3 is 20.3 Å². The maximum absolute atomic E-state index is 14.0. The van der Waals surface area contributed by atoms with Crippen molar-refractivity contribution in [2.24, 2.45) is 11.1 Å². The molecule has 4 rings (SSSR count). The summed E-state index contributed by atoms with van der Waals surface area (Å²) in [6.07, 6.45) is -0.829. The maximum atomic E-state index is 14.0. The topological polar surface area (TPSA) is 117 Å². The number of aliphatic hydroxyl groups excluding tert-OH is 1. The number of hydroxylamine groups is 2. The molecule has 3 N–H and O–H groups in total. The molecule has 3 aliphatic heterocycles. The van der Waals surface area contributed by atoms with Gasteiger partial charge in [-0.1, -0.05) is 23.2 Å². The van der Waals surface area contributed by atoms with E-state index >= 15 is 0 Å². The van der Waals surface area contributed by atoms with E-state index in [0.717, 1.165) is 10.1 Å². The zero-order valence-electron chi connectivity index (χ0n) is 18.9. The maximum Gasteiger partial charge on any atom is 0.267 e. The lowest BCUT2D eigenvalue weighted by Crippen LogP contribution is -2.58. The zero-order chi connectivity index (χ0) is 24.2. The van der Waals surface area contributed by atoms with Crippen molar-refractivity contribution >= 4 is 46.8 Å². The molecule has 182 valence electrons. The Morgan fingerprint density at radius 2 is 2.09 bits per heavy atom. The number of hydrogen-bond donors (Lipinski definition) is 2. The van der Waals surface area contributed by atoms with Gasteiger partial charge in [-0.05, 0) is 27.8 Å². The molecular formula is C20H28Cl2N6O4S. The minimum atomic E-state index is -1.70. The number of carbonyl (C=O) groups is 2. The molecule has 1 aromatic rings. The van der Waals surface area contributed by atoms with Crippen molar-refractivity contribution in [2.45, 2.75) is 44.7 Å². The summed E-state index contributed by atoms with van der Waals surface area (Å²) in [4.78, 5) is 41.1. The lowest BCUT2D eigenvalue weighted by atomic mass is 9.74. The highest BCUT2D eigenvalue weighted by Gasteiger charge is 2.63. The van der Waals surface area contributed by atoms with Crippen LogP contribution in [-0.2, 0) is 21.0 Å². The van der Waals surface area contributed by atoms with Crippen LogP contribution in [0.1, 0.15) is 19.7 Å². The van der Waals surface area contributed by atoms with E-state index in [2.05, 4.69) is 23.7 Å². The van der Waals surface area contributed by atoms with Crippen molar-refractivity contribution < 1.29 is 19.5 Å². The fourth-order valence-electron chi connectivity index (χ4n) is 4.68. The second kappa shape index (κ2) is 8.94. The van der Waals surface area contributed by atoms with Crippen LogP contribution in [0.3, 0.4) is 0 Å². The van der Waals surface area contributed by atoms with Gasteiger partial charge in [0.2, 0.25) is 5.91 Å². The number of aromatic nitrogens is 2. The molecule has 33 heavy (non-hydrogen) atoms. The van der Waals surface area contributed by atoms with Gasteiger partial charge in [0.15, 0.2) is 10.6 Å². The first-order chi connectivity index (χ1) is 15.5. The number of nitrogens with two attached hydrogens (primary N) is 1. The number of hydrogen-bond acceptors (Lipinski definition) is 8. The van der Waals surface area contributed by atoms with Crippen LogP contribution in [-0.4, -0.2) is 92.1 Å². The Morgan fingerprint density at radius 3 is 2.61 bits per heavy atom. The van der Waals surface area contributed by atoms with Crippen molar-refractivity contribution in [3.05, 3.63) is 26.7 Å². The molecule has 13 heteroatoms. The van der Waals surface area contributed by atoms with Crippen molar-refractivity contribution in [2.75, 3.05) is 33.4 Å². The third-order valence-corrected chi connectivity index (χ3v) is 8.57. The van der Waals surface area contributed by atoms with Crippen LogP contribution in [0.5, 0.6) is 0 Å². The van der Waals surface area contributed by atoms with E-state index in [4.69, 9.17) is 33.8 Å². The minimum Gasteiger partial charge on any atom is -0.389 e. The number of β-amino-alcohol motifs (C(OH)–C–C–N with tert-alkyl or cyclic N) is 1. The average Bonchev–Trinajstić information content (AvgIpc) is 3.37. The number of amides is 2. The van der Waals surface area contributed by atoms with Gasteiger partial charge in [-0.25, -0.2) is 10.0 Å². The molecule has 0 saturated carbocycles. The highest BCUT2D eigenvalue weighted by molar-refractivity contribution is 8.04. The summed E-state index contributed by atoms with van der Waals surface area (Å²) >= 11 is 14.0. The molecule has 1 aromatic heterocycles. The smallest absolute Gasteiger partial charge is 0.267 e. The molecule has 1 saturated heterocycles. The van der Waals surface area contributed by atoms with Gasteiger partial charge in [0.25, 0.3) is 5.91 Å². The van der Waals surface area contributed by atoms with Gasteiger partial charge in [0, 0.05) is 24.7 Å². The van der Waals surface area contributed by atoms with E-state index in [0.29, 0.717) is 24.6 Å². The quantitative estimate of drug-likeness (QED) is 0.555. The molecule has 3 atom stereocenters. The van der Waals surface area contributed by atoms with E-state index in [1.807, 2.05) is 11.9 Å². The number of nitrogens with zero attached hydrogens (tertiary/aromatic N) is 5. The van der Waals surface area contributed by atoms with E-state index < -0.39 is 28.6 Å². The third kappa shape index (κ3) is 3.92. The van der Waals surface area contributed by atoms with E-state index in [-0.39, 0.29) is 36.0 Å². The highest BCUT2D eigenvalue weighted by atomic mass is 35.5. The molecule has 10 nitrogen and oxygen atoms in total. The molecule has 0 aromatic carbocycles. The summed E-state index contributed by atoms with van der Waals surface area (Å²) in [6, 6.07) is 0.127. The standard InChI is InChI=1S/C20H28Cl2N6O4S/c1-10(2)27-9-25(4)6-13-17(27)33-14(7-26-11(3)24-15(21)16(26)22)20(13,18(23)30)19(31)28-5-12(29)8-32-28/h10,12,14,29H,5-9H2,1-4H3,(H2,23,30)/t12?,14?,20-/m0/s1. The largest absolute Gasteiger partial charge is 0.389 e. The van der Waals surface area contributed by atoms with Crippen LogP contribution in [0.25, 0.3) is 0 Å². The number of thioether (sulfide) groups is 1. The number of likely N-dealkylation sites (N-methyl/N-ethyl adjacent to an activating group) is 1. The minimum absolute atomic E-state index is 0.0234. The highest BCUT2D eigenvalue weighted by Crippen LogP contribution is 2.55. The molecule has 2 unspecified atom stereocenters. The molecule has 2 amide bonds. The SMILES string of the molecule is Cc1nc(Cl)c(Cl)n1CC1SC2=C(CN(C)CN2C(C)C)[C@]1(C(N)=O)C(=O)N1CC(O)CO1. The number of halogens is 2. The summed E-state index contributed by atoms with van der Waals surface area (Å²) in [7, 11) is 1.93. The van der Waals surface area contributed by atoms with Gasteiger partial charge in [-0.15, -0.1) is 11.8 Å². The summed E-state index contributed by atoms with van der Waals surface area (Å²) in [6.45, 7) is 7.04. The van der Waals surface area contributed by atoms with Gasteiger partial charge >= 0.3 is 0 Å².